The number of carbonyl (C=O) groups is 1. The first kappa shape index (κ1) is 16.4. The van der Waals surface area contributed by atoms with Crippen molar-refractivity contribution in [3.05, 3.63) is 65.2 Å². The van der Waals surface area contributed by atoms with Gasteiger partial charge in [0, 0.05) is 6.54 Å². The normalized spacial score (nSPS) is 18.4. The summed E-state index contributed by atoms with van der Waals surface area (Å²) >= 11 is 0. The Kier molecular flexibility index (Phi) is 4.74. The van der Waals surface area contributed by atoms with E-state index in [0.717, 1.165) is 16.9 Å². The van der Waals surface area contributed by atoms with Crippen LogP contribution in [0.5, 0.6) is 5.75 Å². The number of cyclic esters (lactones) is 1. The van der Waals surface area contributed by atoms with E-state index >= 15 is 0 Å². The largest absolute Gasteiger partial charge is 0.486 e. The first-order valence-corrected chi connectivity index (χ1v) is 8.29. The van der Waals surface area contributed by atoms with E-state index in [0.29, 0.717) is 13.1 Å². The zero-order chi connectivity index (χ0) is 17.1. The lowest BCUT2D eigenvalue weighted by molar-refractivity contribution is 0.137. The lowest BCUT2D eigenvalue weighted by atomic mass is 10.1. The third kappa shape index (κ3) is 3.88. The van der Waals surface area contributed by atoms with Crippen LogP contribution in [0.3, 0.4) is 0 Å². The van der Waals surface area contributed by atoms with Gasteiger partial charge in [-0.05, 0) is 44.0 Å². The first-order chi connectivity index (χ1) is 11.5. The fourth-order valence-corrected chi connectivity index (χ4v) is 2.80. The number of amides is 1. The van der Waals surface area contributed by atoms with Crippen LogP contribution in [0.4, 0.5) is 4.79 Å². The number of nitrogens with zero attached hydrogens (tertiary/aromatic N) is 1. The van der Waals surface area contributed by atoms with E-state index in [1.54, 1.807) is 4.90 Å². The van der Waals surface area contributed by atoms with E-state index < -0.39 is 0 Å². The number of rotatable bonds is 5. The maximum absolute atomic E-state index is 11.7. The van der Waals surface area contributed by atoms with Crippen molar-refractivity contribution in [2.75, 3.05) is 6.54 Å². The molecule has 0 spiro atoms. The van der Waals surface area contributed by atoms with Gasteiger partial charge in [-0.25, -0.2) is 4.79 Å². The van der Waals surface area contributed by atoms with Crippen LogP contribution in [0.2, 0.25) is 0 Å². The average molecular weight is 325 g/mol. The van der Waals surface area contributed by atoms with Gasteiger partial charge >= 0.3 is 6.09 Å². The van der Waals surface area contributed by atoms with Crippen LogP contribution in [0, 0.1) is 6.92 Å². The fourth-order valence-electron chi connectivity index (χ4n) is 2.80. The number of hydrogen-bond acceptors (Lipinski definition) is 3. The maximum Gasteiger partial charge on any atom is 0.410 e. The molecule has 0 bridgehead atoms. The molecule has 1 aliphatic heterocycles. The Morgan fingerprint density at radius 3 is 2.42 bits per heavy atom. The molecule has 2 atom stereocenters. The van der Waals surface area contributed by atoms with Gasteiger partial charge < -0.3 is 14.4 Å². The van der Waals surface area contributed by atoms with Gasteiger partial charge in [0.25, 0.3) is 0 Å². The van der Waals surface area contributed by atoms with Crippen molar-refractivity contribution in [1.82, 2.24) is 4.90 Å². The van der Waals surface area contributed by atoms with Gasteiger partial charge in [0.1, 0.15) is 18.0 Å². The molecule has 4 heteroatoms. The summed E-state index contributed by atoms with van der Waals surface area (Å²) in [7, 11) is 0. The van der Waals surface area contributed by atoms with Gasteiger partial charge in [0.2, 0.25) is 0 Å². The van der Waals surface area contributed by atoms with Gasteiger partial charge in [-0.1, -0.05) is 42.0 Å². The van der Waals surface area contributed by atoms with Crippen LogP contribution in [-0.4, -0.2) is 23.6 Å². The minimum Gasteiger partial charge on any atom is -0.486 e. The Balaban J connectivity index is 1.60. The van der Waals surface area contributed by atoms with Gasteiger partial charge in [-0.15, -0.1) is 0 Å². The van der Waals surface area contributed by atoms with E-state index in [-0.39, 0.29) is 18.3 Å². The van der Waals surface area contributed by atoms with Crippen molar-refractivity contribution in [1.29, 1.82) is 0 Å². The molecule has 0 aliphatic carbocycles. The Morgan fingerprint density at radius 1 is 1.17 bits per heavy atom. The number of hydrogen-bond donors (Lipinski definition) is 0. The molecular weight excluding hydrogens is 302 g/mol. The van der Waals surface area contributed by atoms with Crippen molar-refractivity contribution < 1.29 is 14.3 Å². The fraction of sp³-hybridized carbons (Fsp3) is 0.350. The molecule has 0 N–H and O–H groups in total. The highest BCUT2D eigenvalue weighted by Gasteiger charge is 2.27. The summed E-state index contributed by atoms with van der Waals surface area (Å²) < 4.78 is 11.1. The third-order valence-corrected chi connectivity index (χ3v) is 4.19. The molecule has 1 saturated heterocycles. The standard InChI is InChI=1S/C20H23NO3/c1-14-4-8-18(9-5-14)16(3)24-19-10-6-17(7-11-19)13-21-12-15(2)23-20(21)22/h4-11,15-16H,12-13H2,1-3H3. The van der Waals surface area contributed by atoms with Crippen LogP contribution < -0.4 is 4.74 Å². The Hall–Kier alpha value is -2.49. The summed E-state index contributed by atoms with van der Waals surface area (Å²) in [6, 6.07) is 16.3. The Labute approximate surface area is 143 Å². The SMILES string of the molecule is Cc1ccc(C(C)Oc2ccc(CN3CC(C)OC3=O)cc2)cc1. The Morgan fingerprint density at radius 2 is 1.83 bits per heavy atom. The molecule has 0 saturated carbocycles. The van der Waals surface area contributed by atoms with E-state index in [4.69, 9.17) is 9.47 Å². The van der Waals surface area contributed by atoms with Crippen LogP contribution in [0.15, 0.2) is 48.5 Å². The van der Waals surface area contributed by atoms with Crippen LogP contribution >= 0.6 is 0 Å². The molecule has 24 heavy (non-hydrogen) atoms. The molecule has 3 rings (SSSR count). The predicted octanol–water partition coefficient (Wildman–Crippen LogP) is 4.48. The maximum atomic E-state index is 11.7. The zero-order valence-electron chi connectivity index (χ0n) is 14.4. The minimum atomic E-state index is -0.240. The highest BCUT2D eigenvalue weighted by Crippen LogP contribution is 2.23. The second-order valence-corrected chi connectivity index (χ2v) is 6.39. The summed E-state index contributed by atoms with van der Waals surface area (Å²) in [5.41, 5.74) is 3.46. The average Bonchev–Trinajstić information content (AvgIpc) is 2.87. The van der Waals surface area contributed by atoms with Crippen LogP contribution in [0.25, 0.3) is 0 Å². The molecule has 1 heterocycles. The molecule has 1 amide bonds. The zero-order valence-corrected chi connectivity index (χ0v) is 14.4. The second kappa shape index (κ2) is 6.95. The lowest BCUT2D eigenvalue weighted by Gasteiger charge is -2.16. The molecule has 126 valence electrons. The van der Waals surface area contributed by atoms with Gasteiger partial charge in [0.15, 0.2) is 0 Å². The van der Waals surface area contributed by atoms with Gasteiger partial charge in [0.05, 0.1) is 6.54 Å². The van der Waals surface area contributed by atoms with E-state index in [9.17, 15) is 4.79 Å². The summed E-state index contributed by atoms with van der Waals surface area (Å²) in [4.78, 5) is 13.4. The summed E-state index contributed by atoms with van der Waals surface area (Å²) in [5.74, 6) is 0.823. The van der Waals surface area contributed by atoms with Gasteiger partial charge in [-0.2, -0.15) is 0 Å². The van der Waals surface area contributed by atoms with Gasteiger partial charge in [-0.3, -0.25) is 0 Å². The number of carbonyl (C=O) groups excluding carboxylic acids is 1. The van der Waals surface area contributed by atoms with Crippen molar-refractivity contribution in [2.24, 2.45) is 0 Å². The summed E-state index contributed by atoms with van der Waals surface area (Å²) in [6.45, 7) is 7.23. The Bertz CT molecular complexity index is 694. The molecule has 4 nitrogen and oxygen atoms in total. The lowest BCUT2D eigenvalue weighted by Crippen LogP contribution is -2.24. The third-order valence-electron chi connectivity index (χ3n) is 4.19. The molecule has 0 radical (unpaired) electrons. The van der Waals surface area contributed by atoms with Crippen LogP contribution in [0.1, 0.15) is 36.6 Å². The molecule has 2 aromatic rings. The molecule has 2 unspecified atom stereocenters. The number of benzene rings is 2. The highest BCUT2D eigenvalue weighted by molar-refractivity contribution is 5.69. The monoisotopic (exact) mass is 325 g/mol. The molecule has 1 fully saturated rings. The second-order valence-electron chi connectivity index (χ2n) is 6.39. The summed E-state index contributed by atoms with van der Waals surface area (Å²) in [5, 5.41) is 0. The van der Waals surface area contributed by atoms with Crippen molar-refractivity contribution in [2.45, 2.75) is 39.5 Å². The van der Waals surface area contributed by atoms with Crippen molar-refractivity contribution in [3.8, 4) is 5.75 Å². The molecule has 2 aromatic carbocycles. The number of ether oxygens (including phenoxy) is 2. The molecule has 0 aromatic heterocycles. The number of aryl methyl sites for hydroxylation is 1. The van der Waals surface area contributed by atoms with E-state index in [2.05, 4.69) is 31.2 Å². The minimum absolute atomic E-state index is 0.00846. The van der Waals surface area contributed by atoms with E-state index in [1.807, 2.05) is 38.1 Å². The van der Waals surface area contributed by atoms with E-state index in [1.165, 1.54) is 5.56 Å². The topological polar surface area (TPSA) is 38.8 Å². The highest BCUT2D eigenvalue weighted by atomic mass is 16.6. The van der Waals surface area contributed by atoms with Crippen molar-refractivity contribution >= 4 is 6.09 Å². The summed E-state index contributed by atoms with van der Waals surface area (Å²) in [6.07, 6.45) is -0.280. The molecular formula is C20H23NO3. The predicted molar refractivity (Wildman–Crippen MR) is 93.0 cm³/mol. The van der Waals surface area contributed by atoms with Crippen molar-refractivity contribution in [3.63, 3.8) is 0 Å². The molecule has 1 aliphatic rings. The smallest absolute Gasteiger partial charge is 0.410 e. The van der Waals surface area contributed by atoms with Crippen LogP contribution in [-0.2, 0) is 11.3 Å². The quantitative estimate of drug-likeness (QED) is 0.814. The first-order valence-electron chi connectivity index (χ1n) is 8.29.